The van der Waals surface area contributed by atoms with Crippen LogP contribution in [0.1, 0.15) is 59.3 Å². The van der Waals surface area contributed by atoms with Crippen molar-refractivity contribution in [2.24, 2.45) is 7.05 Å². The number of anilines is 1. The molecule has 0 spiro atoms. The molecule has 10 heteroatoms. The zero-order valence-corrected chi connectivity index (χ0v) is 19.6. The molecule has 0 saturated heterocycles. The van der Waals surface area contributed by atoms with E-state index >= 15 is 0 Å². The van der Waals surface area contributed by atoms with Gasteiger partial charge >= 0.3 is 0 Å². The Kier molecular flexibility index (Phi) is 5.53. The lowest BCUT2D eigenvalue weighted by molar-refractivity contribution is 0.0945. The van der Waals surface area contributed by atoms with Crippen molar-refractivity contribution < 1.29 is 14.3 Å². The number of ether oxygens (including phenoxy) is 2. The zero-order chi connectivity index (χ0) is 23.1. The van der Waals surface area contributed by atoms with Crippen LogP contribution in [0.25, 0.3) is 11.0 Å². The predicted octanol–water partition coefficient (Wildman–Crippen LogP) is 3.37. The summed E-state index contributed by atoms with van der Waals surface area (Å²) in [5.41, 5.74) is 9.41. The van der Waals surface area contributed by atoms with E-state index in [2.05, 4.69) is 16.2 Å². The van der Waals surface area contributed by atoms with E-state index in [4.69, 9.17) is 31.8 Å². The van der Waals surface area contributed by atoms with Crippen molar-refractivity contribution in [3.63, 3.8) is 0 Å². The maximum absolute atomic E-state index is 13.3. The number of carbonyl (C=O) groups is 1. The van der Waals surface area contributed by atoms with Gasteiger partial charge in [-0.3, -0.25) is 20.3 Å². The second kappa shape index (κ2) is 8.51. The summed E-state index contributed by atoms with van der Waals surface area (Å²) in [6, 6.07) is 7.24. The van der Waals surface area contributed by atoms with E-state index in [0.29, 0.717) is 34.6 Å². The Labute approximate surface area is 196 Å². The van der Waals surface area contributed by atoms with Gasteiger partial charge in [0, 0.05) is 30.6 Å². The highest BCUT2D eigenvalue weighted by Gasteiger charge is 2.33. The number of methoxy groups -OCH3 is 2. The van der Waals surface area contributed by atoms with Gasteiger partial charge in [-0.25, -0.2) is 4.98 Å². The molecule has 9 nitrogen and oxygen atoms in total. The Morgan fingerprint density at radius 3 is 2.52 bits per heavy atom. The van der Waals surface area contributed by atoms with Gasteiger partial charge in [0.2, 0.25) is 0 Å². The minimum atomic E-state index is -0.273. The molecule has 3 aromatic rings. The predicted molar refractivity (Wildman–Crippen MR) is 129 cm³/mol. The summed E-state index contributed by atoms with van der Waals surface area (Å²) in [7, 11) is 5.04. The van der Waals surface area contributed by atoms with Crippen molar-refractivity contribution in [2.45, 2.75) is 37.5 Å². The number of carbonyl (C=O) groups excluding carboxylic acids is 1. The van der Waals surface area contributed by atoms with Crippen LogP contribution in [0, 0.1) is 0 Å². The molecule has 1 amide bonds. The highest BCUT2D eigenvalue weighted by atomic mass is 32.1. The van der Waals surface area contributed by atoms with Crippen molar-refractivity contribution in [2.75, 3.05) is 19.5 Å². The highest BCUT2D eigenvalue weighted by Crippen LogP contribution is 2.45. The van der Waals surface area contributed by atoms with Crippen LogP contribution >= 0.6 is 12.2 Å². The molecule has 3 N–H and O–H groups in total. The van der Waals surface area contributed by atoms with Gasteiger partial charge in [-0.1, -0.05) is 0 Å². The van der Waals surface area contributed by atoms with E-state index in [0.717, 1.165) is 48.1 Å². The van der Waals surface area contributed by atoms with Gasteiger partial charge in [0.05, 0.1) is 36.6 Å². The number of rotatable bonds is 6. The number of hydrogen-bond donors (Lipinski definition) is 3. The molecule has 2 aliphatic rings. The van der Waals surface area contributed by atoms with E-state index in [-0.39, 0.29) is 11.0 Å². The standard InChI is InChI=1S/C23H26N6O3S/c1-29-21-19(20(28-29)13-6-7-13)15(11-17(24-21)12-4-5-12)22(30)26-27-23(33)25-16-9-8-14(31-2)10-18(16)32-3/h8-13H,4-7H2,1-3H3,(H,26,30)(H2,25,27,33). The highest BCUT2D eigenvalue weighted by molar-refractivity contribution is 7.80. The first-order valence-electron chi connectivity index (χ1n) is 11.0. The summed E-state index contributed by atoms with van der Waals surface area (Å²) in [4.78, 5) is 18.1. The third-order valence-electron chi connectivity index (χ3n) is 5.99. The van der Waals surface area contributed by atoms with Crippen LogP contribution in [-0.4, -0.2) is 40.0 Å². The molecule has 2 fully saturated rings. The second-order valence-corrected chi connectivity index (χ2v) is 8.86. The van der Waals surface area contributed by atoms with Crippen molar-refractivity contribution >= 4 is 40.0 Å². The lowest BCUT2D eigenvalue weighted by Gasteiger charge is -2.15. The van der Waals surface area contributed by atoms with Crippen LogP contribution in [0.2, 0.25) is 0 Å². The number of aryl methyl sites for hydroxylation is 1. The number of fused-ring (bicyclic) bond motifs is 1. The van der Waals surface area contributed by atoms with Gasteiger partial charge < -0.3 is 14.8 Å². The molecule has 2 aliphatic carbocycles. The van der Waals surface area contributed by atoms with Crippen LogP contribution in [0.3, 0.4) is 0 Å². The number of pyridine rings is 1. The maximum Gasteiger partial charge on any atom is 0.270 e. The molecule has 0 bridgehead atoms. The maximum atomic E-state index is 13.3. The van der Waals surface area contributed by atoms with Gasteiger partial charge in [0.15, 0.2) is 10.8 Å². The molecule has 5 rings (SSSR count). The smallest absolute Gasteiger partial charge is 0.270 e. The lowest BCUT2D eigenvalue weighted by atomic mass is 10.1. The molecule has 0 radical (unpaired) electrons. The van der Waals surface area contributed by atoms with Crippen LogP contribution in [0.5, 0.6) is 11.5 Å². The van der Waals surface area contributed by atoms with E-state index in [1.165, 1.54) is 0 Å². The van der Waals surface area contributed by atoms with Crippen LogP contribution in [-0.2, 0) is 7.05 Å². The summed E-state index contributed by atoms with van der Waals surface area (Å²) in [6.45, 7) is 0. The summed E-state index contributed by atoms with van der Waals surface area (Å²) in [5, 5.41) is 8.79. The first-order valence-corrected chi connectivity index (χ1v) is 11.4. The molecule has 1 aromatic carbocycles. The minimum Gasteiger partial charge on any atom is -0.497 e. The minimum absolute atomic E-state index is 0.230. The summed E-state index contributed by atoms with van der Waals surface area (Å²) in [5.74, 6) is 1.77. The number of thiocarbonyl (C=S) groups is 1. The molecule has 2 heterocycles. The van der Waals surface area contributed by atoms with Crippen molar-refractivity contribution in [1.29, 1.82) is 0 Å². The third kappa shape index (κ3) is 4.30. The van der Waals surface area contributed by atoms with Gasteiger partial charge in [0.1, 0.15) is 11.5 Å². The summed E-state index contributed by atoms with van der Waals surface area (Å²) >= 11 is 5.38. The van der Waals surface area contributed by atoms with Gasteiger partial charge in [-0.2, -0.15) is 5.10 Å². The SMILES string of the molecule is COc1ccc(NC(=S)NNC(=O)c2cc(C3CC3)nc3c2c(C2CC2)nn3C)c(OC)c1. The quantitative estimate of drug-likeness (QED) is 0.375. The Morgan fingerprint density at radius 2 is 1.85 bits per heavy atom. The number of hydrogen-bond acceptors (Lipinski definition) is 6. The fourth-order valence-electron chi connectivity index (χ4n) is 3.94. The number of amides is 1. The number of nitrogens with zero attached hydrogens (tertiary/aromatic N) is 3. The van der Waals surface area contributed by atoms with Gasteiger partial charge in [0.25, 0.3) is 5.91 Å². The fourth-order valence-corrected chi connectivity index (χ4v) is 4.10. The molecule has 2 saturated carbocycles. The number of benzene rings is 1. The number of hydrazine groups is 1. The topological polar surface area (TPSA) is 102 Å². The Hall–Kier alpha value is -3.40. The molecule has 0 unspecified atom stereocenters. The normalized spacial score (nSPS) is 15.2. The second-order valence-electron chi connectivity index (χ2n) is 8.45. The summed E-state index contributed by atoms with van der Waals surface area (Å²) in [6.07, 6.45) is 4.38. The van der Waals surface area contributed by atoms with Crippen LogP contribution < -0.4 is 25.6 Å². The Bertz CT molecular complexity index is 1250. The largest absolute Gasteiger partial charge is 0.497 e. The molecular formula is C23H26N6O3S. The van der Waals surface area contributed by atoms with E-state index in [1.807, 2.05) is 13.1 Å². The Morgan fingerprint density at radius 1 is 1.09 bits per heavy atom. The van der Waals surface area contributed by atoms with Crippen molar-refractivity contribution in [3.05, 3.63) is 41.2 Å². The van der Waals surface area contributed by atoms with Crippen LogP contribution in [0.4, 0.5) is 5.69 Å². The lowest BCUT2D eigenvalue weighted by Crippen LogP contribution is -2.43. The number of nitrogens with one attached hydrogen (secondary N) is 3. The molecule has 2 aromatic heterocycles. The first kappa shape index (κ1) is 21.4. The summed E-state index contributed by atoms with van der Waals surface area (Å²) < 4.78 is 12.4. The average Bonchev–Trinajstić information content (AvgIpc) is 3.75. The fraction of sp³-hybridized carbons (Fsp3) is 0.391. The first-order chi connectivity index (χ1) is 16.0. The van der Waals surface area contributed by atoms with Crippen molar-refractivity contribution in [1.82, 2.24) is 25.6 Å². The van der Waals surface area contributed by atoms with Gasteiger partial charge in [-0.15, -0.1) is 0 Å². The molecule has 0 aliphatic heterocycles. The Balaban J connectivity index is 1.36. The zero-order valence-electron chi connectivity index (χ0n) is 18.8. The van der Waals surface area contributed by atoms with Crippen molar-refractivity contribution in [3.8, 4) is 11.5 Å². The van der Waals surface area contributed by atoms with E-state index in [9.17, 15) is 4.79 Å². The van der Waals surface area contributed by atoms with E-state index < -0.39 is 0 Å². The third-order valence-corrected chi connectivity index (χ3v) is 6.20. The number of aromatic nitrogens is 3. The monoisotopic (exact) mass is 466 g/mol. The molecule has 33 heavy (non-hydrogen) atoms. The van der Waals surface area contributed by atoms with Gasteiger partial charge in [-0.05, 0) is 56.1 Å². The molecular weight excluding hydrogens is 440 g/mol. The molecule has 172 valence electrons. The van der Waals surface area contributed by atoms with Crippen LogP contribution in [0.15, 0.2) is 24.3 Å². The average molecular weight is 467 g/mol. The van der Waals surface area contributed by atoms with E-state index in [1.54, 1.807) is 37.1 Å². The molecule has 0 atom stereocenters.